The van der Waals surface area contributed by atoms with Gasteiger partial charge in [0, 0.05) is 39.9 Å². The van der Waals surface area contributed by atoms with Crippen LogP contribution in [0.5, 0.6) is 0 Å². The fourth-order valence-corrected chi connectivity index (χ4v) is 3.48. The highest BCUT2D eigenvalue weighted by molar-refractivity contribution is 6.13. The van der Waals surface area contributed by atoms with Gasteiger partial charge in [0.2, 0.25) is 0 Å². The molecule has 5 nitrogen and oxygen atoms in total. The maximum atomic E-state index is 12.4. The number of Topliss-reactive ketones (excluding diaryl/α,β-unsaturated/α-hetero) is 1. The van der Waals surface area contributed by atoms with E-state index in [1.807, 2.05) is 32.0 Å². The van der Waals surface area contributed by atoms with Crippen molar-refractivity contribution in [2.75, 3.05) is 0 Å². The van der Waals surface area contributed by atoms with Gasteiger partial charge in [-0.1, -0.05) is 19.8 Å². The van der Waals surface area contributed by atoms with E-state index in [1.165, 1.54) is 0 Å². The molecule has 0 bridgehead atoms. The van der Waals surface area contributed by atoms with Gasteiger partial charge in [0.05, 0.1) is 5.52 Å². The molecule has 1 unspecified atom stereocenters. The van der Waals surface area contributed by atoms with Crippen LogP contribution in [0.15, 0.2) is 24.3 Å². The van der Waals surface area contributed by atoms with Gasteiger partial charge < -0.3 is 10.2 Å². The number of ketones is 1. The van der Waals surface area contributed by atoms with Gasteiger partial charge in [0.25, 0.3) is 0 Å². The molecule has 0 aliphatic rings. The molecule has 3 aromatic rings. The summed E-state index contributed by atoms with van der Waals surface area (Å²) in [5, 5.41) is 21.9. The first-order chi connectivity index (χ1) is 11.9. The summed E-state index contributed by atoms with van der Waals surface area (Å²) < 4.78 is 0. The van der Waals surface area contributed by atoms with Crippen LogP contribution in [-0.2, 0) is 0 Å². The van der Waals surface area contributed by atoms with Crippen molar-refractivity contribution in [1.29, 1.82) is 0 Å². The summed E-state index contributed by atoms with van der Waals surface area (Å²) >= 11 is 0. The number of unbranched alkanes of at least 4 members (excludes halogenated alkanes) is 2. The summed E-state index contributed by atoms with van der Waals surface area (Å²) in [6.07, 6.45) is 3.61. The van der Waals surface area contributed by atoms with Gasteiger partial charge in [-0.2, -0.15) is 5.23 Å². The van der Waals surface area contributed by atoms with E-state index in [1.54, 1.807) is 6.07 Å². The number of carbonyl (C=O) groups excluding carboxylic acids is 1. The number of hydrogen-bond donors (Lipinski definition) is 3. The predicted molar refractivity (Wildman–Crippen MR) is 99.5 cm³/mol. The number of fused-ring (bicyclic) bond motifs is 3. The Labute approximate surface area is 146 Å². The van der Waals surface area contributed by atoms with E-state index >= 15 is 0 Å². The van der Waals surface area contributed by atoms with Crippen molar-refractivity contribution in [2.24, 2.45) is 0 Å². The summed E-state index contributed by atoms with van der Waals surface area (Å²) in [4.78, 5) is 15.8. The molecule has 0 radical (unpaired) electrons. The van der Waals surface area contributed by atoms with E-state index in [4.69, 9.17) is 0 Å². The lowest BCUT2D eigenvalue weighted by Gasteiger charge is -2.15. The quantitative estimate of drug-likeness (QED) is 0.359. The molecule has 2 aromatic carbocycles. The lowest BCUT2D eigenvalue weighted by atomic mass is 9.99. The van der Waals surface area contributed by atoms with Crippen molar-refractivity contribution in [3.63, 3.8) is 0 Å². The highest BCUT2D eigenvalue weighted by atomic mass is 16.8. The van der Waals surface area contributed by atoms with Crippen LogP contribution < -0.4 is 5.23 Å². The number of nitrogens with one attached hydrogen (secondary N) is 2. The second-order valence-corrected chi connectivity index (χ2v) is 6.69. The van der Waals surface area contributed by atoms with Crippen LogP contribution in [-0.4, -0.2) is 16.0 Å². The van der Waals surface area contributed by atoms with Gasteiger partial charge in [-0.05, 0) is 44.0 Å². The van der Waals surface area contributed by atoms with E-state index in [2.05, 4.69) is 11.9 Å². The third-order valence-corrected chi connectivity index (χ3v) is 4.89. The molecule has 1 heterocycles. The summed E-state index contributed by atoms with van der Waals surface area (Å²) in [6.45, 7) is 5.85. The molecular formula is C20H24N2O3. The maximum Gasteiger partial charge on any atom is 0.167 e. The third-order valence-electron chi connectivity index (χ3n) is 4.89. The van der Waals surface area contributed by atoms with Gasteiger partial charge in [-0.15, -0.1) is 0 Å². The fraction of sp³-hybridized carbons (Fsp3) is 0.350. The van der Waals surface area contributed by atoms with Gasteiger partial charge in [0.1, 0.15) is 0 Å². The predicted octanol–water partition coefficient (Wildman–Crippen LogP) is 4.10. The smallest absolute Gasteiger partial charge is 0.167 e. The van der Waals surface area contributed by atoms with Gasteiger partial charge in [0.15, 0.2) is 11.5 Å². The molecule has 0 aliphatic heterocycles. The molecule has 0 amide bonds. The Hall–Kier alpha value is -2.21. The van der Waals surface area contributed by atoms with E-state index in [0.717, 1.165) is 52.2 Å². The van der Waals surface area contributed by atoms with Gasteiger partial charge in [-0.3, -0.25) is 4.79 Å². The second-order valence-electron chi connectivity index (χ2n) is 6.69. The minimum absolute atomic E-state index is 0.147. The number of hydrogen-bond acceptors (Lipinski definition) is 3. The molecule has 5 heteroatoms. The van der Waals surface area contributed by atoms with E-state index in [0.29, 0.717) is 17.7 Å². The Morgan fingerprint density at radius 1 is 1.24 bits per heavy atom. The van der Waals surface area contributed by atoms with Gasteiger partial charge in [-0.25, -0.2) is 5.21 Å². The molecular weight excluding hydrogens is 316 g/mol. The van der Waals surface area contributed by atoms with Crippen LogP contribution in [0.2, 0.25) is 0 Å². The Kier molecular flexibility index (Phi) is 4.90. The van der Waals surface area contributed by atoms with E-state index < -0.39 is 5.23 Å². The summed E-state index contributed by atoms with van der Waals surface area (Å²) in [5.41, 5.74) is 4.50. The van der Waals surface area contributed by atoms with Crippen LogP contribution in [0.25, 0.3) is 21.8 Å². The minimum Gasteiger partial charge on any atom is -0.595 e. The number of quaternary nitrogens is 1. The first-order valence-electron chi connectivity index (χ1n) is 8.76. The van der Waals surface area contributed by atoms with Crippen molar-refractivity contribution in [3.05, 3.63) is 46.2 Å². The highest BCUT2D eigenvalue weighted by Crippen LogP contribution is 2.34. The van der Waals surface area contributed by atoms with Crippen molar-refractivity contribution < 1.29 is 15.2 Å². The Bertz CT molecular complexity index is 941. The first-order valence-corrected chi connectivity index (χ1v) is 8.76. The van der Waals surface area contributed by atoms with Gasteiger partial charge >= 0.3 is 0 Å². The summed E-state index contributed by atoms with van der Waals surface area (Å²) in [7, 11) is 0. The van der Waals surface area contributed by atoms with Crippen LogP contribution in [0.3, 0.4) is 0 Å². The third kappa shape index (κ3) is 3.18. The number of aromatic amines is 1. The van der Waals surface area contributed by atoms with Crippen molar-refractivity contribution in [1.82, 2.24) is 4.98 Å². The molecule has 25 heavy (non-hydrogen) atoms. The monoisotopic (exact) mass is 340 g/mol. The molecule has 0 fully saturated rings. The lowest BCUT2D eigenvalue weighted by Crippen LogP contribution is -2.99. The molecule has 0 saturated heterocycles. The molecule has 1 aromatic heterocycles. The number of rotatable bonds is 6. The standard InChI is InChI=1S/C20H24N2O3/c1-4-5-6-7-18(23)14-8-9-16-15(11-14)19-13(3)17(22(24)25)10-12(2)20(19)21-16/h8-11,21-22,24H,4-7H2,1-3H3. The summed E-state index contributed by atoms with van der Waals surface area (Å²) in [5.74, 6) is 0.147. The topological polar surface area (TPSA) is 80.6 Å². The second kappa shape index (κ2) is 6.96. The number of benzene rings is 2. The van der Waals surface area contributed by atoms with Crippen molar-refractivity contribution in [2.45, 2.75) is 46.5 Å². The number of carbonyl (C=O) groups is 1. The zero-order valence-corrected chi connectivity index (χ0v) is 14.9. The van der Waals surface area contributed by atoms with Crippen LogP contribution in [0.1, 0.15) is 54.1 Å². The van der Waals surface area contributed by atoms with Crippen LogP contribution in [0, 0.1) is 19.1 Å². The highest BCUT2D eigenvalue weighted by Gasteiger charge is 2.17. The number of aromatic nitrogens is 1. The zero-order chi connectivity index (χ0) is 18.1. The first kappa shape index (κ1) is 17.6. The van der Waals surface area contributed by atoms with Crippen molar-refractivity contribution >= 4 is 33.3 Å². The normalized spacial score (nSPS) is 12.8. The zero-order valence-electron chi connectivity index (χ0n) is 14.9. The van der Waals surface area contributed by atoms with E-state index in [9.17, 15) is 15.2 Å². The average molecular weight is 340 g/mol. The number of aryl methyl sites for hydroxylation is 2. The molecule has 3 rings (SSSR count). The van der Waals surface area contributed by atoms with Crippen LogP contribution in [0.4, 0.5) is 5.69 Å². The molecule has 0 aliphatic carbocycles. The Balaban J connectivity index is 2.15. The molecule has 0 spiro atoms. The number of H-pyrrole nitrogens is 1. The average Bonchev–Trinajstić information content (AvgIpc) is 2.97. The summed E-state index contributed by atoms with van der Waals surface area (Å²) in [6, 6.07) is 7.38. The fourth-order valence-electron chi connectivity index (χ4n) is 3.48. The van der Waals surface area contributed by atoms with Crippen molar-refractivity contribution in [3.8, 4) is 0 Å². The van der Waals surface area contributed by atoms with E-state index in [-0.39, 0.29) is 5.78 Å². The molecule has 1 atom stereocenters. The SMILES string of the molecule is CCCCCC(=O)c1ccc2[nH]c3c(C)cc([NH+]([O-])O)c(C)c3c2c1. The molecule has 0 saturated carbocycles. The largest absolute Gasteiger partial charge is 0.595 e. The minimum atomic E-state index is -0.927. The molecule has 132 valence electrons. The Morgan fingerprint density at radius 3 is 2.68 bits per heavy atom. The Morgan fingerprint density at radius 2 is 2.00 bits per heavy atom. The van der Waals surface area contributed by atoms with Crippen LogP contribution >= 0.6 is 0 Å². The molecule has 3 N–H and O–H groups in total. The maximum absolute atomic E-state index is 12.4. The lowest BCUT2D eigenvalue weighted by molar-refractivity contribution is -0.991.